The van der Waals surface area contributed by atoms with Crippen LogP contribution >= 0.6 is 0 Å². The van der Waals surface area contributed by atoms with Gasteiger partial charge in [-0.25, -0.2) is 0 Å². The second kappa shape index (κ2) is 8.53. The number of carbonyl (C=O) groups excluding carboxylic acids is 1. The Morgan fingerprint density at radius 1 is 1.37 bits per heavy atom. The summed E-state index contributed by atoms with van der Waals surface area (Å²) in [6, 6.07) is 8.04. The van der Waals surface area contributed by atoms with Gasteiger partial charge in [0.15, 0.2) is 0 Å². The van der Waals surface area contributed by atoms with Crippen molar-refractivity contribution in [3.8, 4) is 5.75 Å². The van der Waals surface area contributed by atoms with E-state index in [1.165, 1.54) is 0 Å². The standard InChI is InChI=1S/C15H24N2O2/c1-4-7-12(2)17-15(18)11-16-10-13-8-5-6-9-14(13)19-3/h5-6,8-9,12,16H,4,7,10-11H2,1-3H3,(H,17,18). The molecule has 0 aromatic heterocycles. The maximum absolute atomic E-state index is 11.7. The van der Waals surface area contributed by atoms with Gasteiger partial charge in [-0.3, -0.25) is 4.79 Å². The van der Waals surface area contributed by atoms with Crippen LogP contribution in [0, 0.1) is 0 Å². The van der Waals surface area contributed by atoms with Crippen molar-refractivity contribution in [3.05, 3.63) is 29.8 Å². The van der Waals surface area contributed by atoms with Crippen molar-refractivity contribution in [2.24, 2.45) is 0 Å². The zero-order valence-electron chi connectivity index (χ0n) is 12.0. The third kappa shape index (κ3) is 5.75. The molecule has 1 aromatic rings. The summed E-state index contributed by atoms with van der Waals surface area (Å²) in [6.45, 7) is 5.09. The first-order valence-corrected chi connectivity index (χ1v) is 6.79. The van der Waals surface area contributed by atoms with Gasteiger partial charge in [0, 0.05) is 18.2 Å². The van der Waals surface area contributed by atoms with Crippen LogP contribution in [-0.4, -0.2) is 25.6 Å². The largest absolute Gasteiger partial charge is 0.496 e. The number of hydrogen-bond donors (Lipinski definition) is 2. The smallest absolute Gasteiger partial charge is 0.234 e. The molecular weight excluding hydrogens is 240 g/mol. The molecule has 1 unspecified atom stereocenters. The number of methoxy groups -OCH3 is 1. The lowest BCUT2D eigenvalue weighted by molar-refractivity contribution is -0.120. The highest BCUT2D eigenvalue weighted by Crippen LogP contribution is 2.16. The van der Waals surface area contributed by atoms with E-state index in [9.17, 15) is 4.79 Å². The van der Waals surface area contributed by atoms with Crippen LogP contribution in [0.3, 0.4) is 0 Å². The van der Waals surface area contributed by atoms with Gasteiger partial charge < -0.3 is 15.4 Å². The Kier molecular flexibility index (Phi) is 6.97. The lowest BCUT2D eigenvalue weighted by Crippen LogP contribution is -2.38. The fourth-order valence-corrected chi connectivity index (χ4v) is 1.99. The first-order chi connectivity index (χ1) is 9.17. The number of para-hydroxylation sites is 1. The molecule has 2 N–H and O–H groups in total. The number of benzene rings is 1. The second-order valence-corrected chi connectivity index (χ2v) is 4.67. The molecule has 19 heavy (non-hydrogen) atoms. The van der Waals surface area contributed by atoms with Crippen LogP contribution in [0.2, 0.25) is 0 Å². The number of hydrogen-bond acceptors (Lipinski definition) is 3. The van der Waals surface area contributed by atoms with E-state index >= 15 is 0 Å². The highest BCUT2D eigenvalue weighted by atomic mass is 16.5. The average Bonchev–Trinajstić information content (AvgIpc) is 2.39. The zero-order valence-corrected chi connectivity index (χ0v) is 12.0. The minimum Gasteiger partial charge on any atom is -0.496 e. The number of rotatable bonds is 8. The average molecular weight is 264 g/mol. The first-order valence-electron chi connectivity index (χ1n) is 6.79. The van der Waals surface area contributed by atoms with Crippen molar-refractivity contribution in [3.63, 3.8) is 0 Å². The number of nitrogens with one attached hydrogen (secondary N) is 2. The van der Waals surface area contributed by atoms with Gasteiger partial charge in [-0.15, -0.1) is 0 Å². The molecule has 0 radical (unpaired) electrons. The topological polar surface area (TPSA) is 50.4 Å². The van der Waals surface area contributed by atoms with Crippen molar-refractivity contribution in [1.29, 1.82) is 0 Å². The summed E-state index contributed by atoms with van der Waals surface area (Å²) in [4.78, 5) is 11.7. The molecule has 0 aliphatic heterocycles. The highest BCUT2D eigenvalue weighted by Gasteiger charge is 2.06. The predicted molar refractivity (Wildman–Crippen MR) is 77.2 cm³/mol. The van der Waals surface area contributed by atoms with Crippen molar-refractivity contribution in [1.82, 2.24) is 10.6 Å². The van der Waals surface area contributed by atoms with Crippen LogP contribution in [0.25, 0.3) is 0 Å². The highest BCUT2D eigenvalue weighted by molar-refractivity contribution is 5.78. The number of amides is 1. The van der Waals surface area contributed by atoms with Crippen LogP contribution in [0.1, 0.15) is 32.3 Å². The van der Waals surface area contributed by atoms with Crippen LogP contribution in [-0.2, 0) is 11.3 Å². The van der Waals surface area contributed by atoms with Gasteiger partial charge in [-0.1, -0.05) is 31.5 Å². The molecule has 4 heteroatoms. The molecule has 0 aliphatic carbocycles. The maximum atomic E-state index is 11.7. The van der Waals surface area contributed by atoms with Crippen molar-refractivity contribution in [2.75, 3.05) is 13.7 Å². The Bertz CT molecular complexity index is 393. The van der Waals surface area contributed by atoms with Gasteiger partial charge in [-0.05, 0) is 19.4 Å². The van der Waals surface area contributed by atoms with E-state index in [1.807, 2.05) is 31.2 Å². The summed E-state index contributed by atoms with van der Waals surface area (Å²) in [7, 11) is 1.65. The van der Waals surface area contributed by atoms with E-state index in [1.54, 1.807) is 7.11 Å². The molecule has 0 bridgehead atoms. The molecule has 0 saturated heterocycles. The molecule has 0 aliphatic rings. The fraction of sp³-hybridized carbons (Fsp3) is 0.533. The molecule has 4 nitrogen and oxygen atoms in total. The lowest BCUT2D eigenvalue weighted by Gasteiger charge is -2.13. The number of ether oxygens (including phenoxy) is 1. The predicted octanol–water partition coefficient (Wildman–Crippen LogP) is 2.09. The van der Waals surface area contributed by atoms with Crippen molar-refractivity contribution < 1.29 is 9.53 Å². The van der Waals surface area contributed by atoms with Crippen molar-refractivity contribution in [2.45, 2.75) is 39.3 Å². The molecule has 1 atom stereocenters. The third-order valence-corrected chi connectivity index (χ3v) is 2.92. The van der Waals surface area contributed by atoms with Gasteiger partial charge in [0.1, 0.15) is 5.75 Å². The normalized spacial score (nSPS) is 11.9. The van der Waals surface area contributed by atoms with Gasteiger partial charge in [0.25, 0.3) is 0 Å². The summed E-state index contributed by atoms with van der Waals surface area (Å²) in [5, 5.41) is 6.09. The second-order valence-electron chi connectivity index (χ2n) is 4.67. The third-order valence-electron chi connectivity index (χ3n) is 2.92. The first kappa shape index (κ1) is 15.5. The van der Waals surface area contributed by atoms with Crippen molar-refractivity contribution >= 4 is 5.91 Å². The maximum Gasteiger partial charge on any atom is 0.234 e. The molecule has 106 valence electrons. The molecule has 1 aromatic carbocycles. The van der Waals surface area contributed by atoms with Gasteiger partial charge in [-0.2, -0.15) is 0 Å². The minimum atomic E-state index is 0.0378. The van der Waals surface area contributed by atoms with E-state index in [0.29, 0.717) is 13.1 Å². The van der Waals surface area contributed by atoms with E-state index in [4.69, 9.17) is 4.74 Å². The summed E-state index contributed by atoms with van der Waals surface area (Å²) in [5.41, 5.74) is 1.06. The van der Waals surface area contributed by atoms with Crippen LogP contribution in [0.4, 0.5) is 0 Å². The molecule has 0 spiro atoms. The SMILES string of the molecule is CCCC(C)NC(=O)CNCc1ccccc1OC. The monoisotopic (exact) mass is 264 g/mol. The Labute approximate surface area is 115 Å². The van der Waals surface area contributed by atoms with Gasteiger partial charge in [0.05, 0.1) is 13.7 Å². The lowest BCUT2D eigenvalue weighted by atomic mass is 10.2. The fourth-order valence-electron chi connectivity index (χ4n) is 1.99. The Balaban J connectivity index is 2.31. The quantitative estimate of drug-likeness (QED) is 0.756. The Morgan fingerprint density at radius 2 is 2.11 bits per heavy atom. The Hall–Kier alpha value is -1.55. The van der Waals surface area contributed by atoms with Crippen LogP contribution < -0.4 is 15.4 Å². The molecule has 0 heterocycles. The van der Waals surface area contributed by atoms with Crippen LogP contribution in [0.5, 0.6) is 5.75 Å². The van der Waals surface area contributed by atoms with Gasteiger partial charge >= 0.3 is 0 Å². The number of carbonyl (C=O) groups is 1. The molecule has 1 amide bonds. The van der Waals surface area contributed by atoms with E-state index in [2.05, 4.69) is 17.6 Å². The zero-order chi connectivity index (χ0) is 14.1. The van der Waals surface area contributed by atoms with Gasteiger partial charge in [0.2, 0.25) is 5.91 Å². The summed E-state index contributed by atoms with van der Waals surface area (Å²) < 4.78 is 5.26. The molecule has 0 saturated carbocycles. The minimum absolute atomic E-state index is 0.0378. The van der Waals surface area contributed by atoms with E-state index in [0.717, 1.165) is 24.2 Å². The summed E-state index contributed by atoms with van der Waals surface area (Å²) in [6.07, 6.45) is 2.09. The molecule has 0 fully saturated rings. The summed E-state index contributed by atoms with van der Waals surface area (Å²) in [5.74, 6) is 0.880. The molecule has 1 rings (SSSR count). The van der Waals surface area contributed by atoms with Crippen LogP contribution in [0.15, 0.2) is 24.3 Å². The van der Waals surface area contributed by atoms with E-state index < -0.39 is 0 Å². The summed E-state index contributed by atoms with van der Waals surface area (Å²) >= 11 is 0. The van der Waals surface area contributed by atoms with E-state index in [-0.39, 0.29) is 11.9 Å². The Morgan fingerprint density at radius 3 is 2.79 bits per heavy atom. The molecular formula is C15H24N2O2.